The van der Waals surface area contributed by atoms with Crippen LogP contribution in [0.5, 0.6) is 0 Å². The maximum Gasteiger partial charge on any atom is 0.0708 e. The highest BCUT2D eigenvalue weighted by Crippen LogP contribution is 2.38. The Balaban J connectivity index is 1.80. The molecule has 0 aliphatic rings. The zero-order chi connectivity index (χ0) is 15.9. The van der Waals surface area contributed by atoms with Crippen molar-refractivity contribution in [2.24, 2.45) is 4.99 Å². The van der Waals surface area contributed by atoms with Crippen molar-refractivity contribution in [3.8, 4) is 0 Å². The molecule has 0 saturated heterocycles. The molecule has 1 aromatic heterocycles. The number of rotatable bonds is 2. The third-order valence-corrected chi connectivity index (χ3v) is 4.56. The van der Waals surface area contributed by atoms with Gasteiger partial charge in [0.15, 0.2) is 0 Å². The maximum absolute atomic E-state index is 4.73. The Morgan fingerprint density at radius 1 is 0.667 bits per heavy atom. The van der Waals surface area contributed by atoms with Gasteiger partial charge in [-0.05, 0) is 50.7 Å². The summed E-state index contributed by atoms with van der Waals surface area (Å²) in [6.07, 6.45) is 5.46. The molecule has 0 unspecified atom stereocenters. The first-order valence-corrected chi connectivity index (χ1v) is 8.01. The summed E-state index contributed by atoms with van der Waals surface area (Å²) >= 11 is 0. The normalized spacial score (nSPS) is 12.0. The molecule has 0 N–H and O–H groups in total. The topological polar surface area (TPSA) is 25.2 Å². The summed E-state index contributed by atoms with van der Waals surface area (Å²) in [7, 11) is 0. The number of nitrogens with zero attached hydrogens (tertiary/aromatic N) is 2. The van der Waals surface area contributed by atoms with Crippen molar-refractivity contribution >= 4 is 44.2 Å². The second-order valence-corrected chi connectivity index (χ2v) is 5.98. The molecule has 1 heterocycles. The van der Waals surface area contributed by atoms with Crippen LogP contribution >= 0.6 is 0 Å². The average molecular weight is 306 g/mol. The lowest BCUT2D eigenvalue weighted by atomic mass is 9.93. The lowest BCUT2D eigenvalue weighted by Crippen LogP contribution is -1.85. The van der Waals surface area contributed by atoms with Gasteiger partial charge < -0.3 is 0 Å². The third kappa shape index (κ3) is 1.97. The summed E-state index contributed by atoms with van der Waals surface area (Å²) < 4.78 is 0. The molecule has 0 saturated carbocycles. The Hall–Kier alpha value is -3.26. The molecule has 0 atom stereocenters. The molecular formula is C22H14N2. The van der Waals surface area contributed by atoms with E-state index in [1.807, 2.05) is 18.3 Å². The largest absolute Gasteiger partial charge is 0.265 e. The van der Waals surface area contributed by atoms with Gasteiger partial charge in [-0.3, -0.25) is 9.98 Å². The minimum atomic E-state index is 0.998. The Kier molecular flexibility index (Phi) is 2.83. The van der Waals surface area contributed by atoms with Gasteiger partial charge in [-0.2, -0.15) is 0 Å². The van der Waals surface area contributed by atoms with Crippen LogP contribution in [-0.2, 0) is 0 Å². The van der Waals surface area contributed by atoms with E-state index in [1.165, 1.54) is 32.3 Å². The van der Waals surface area contributed by atoms with Crippen LogP contribution in [0.15, 0.2) is 84.1 Å². The summed E-state index contributed by atoms with van der Waals surface area (Å²) in [6, 6.07) is 23.4. The Morgan fingerprint density at radius 2 is 1.33 bits per heavy atom. The molecule has 0 spiro atoms. The van der Waals surface area contributed by atoms with Crippen LogP contribution in [0, 0.1) is 0 Å². The average Bonchev–Trinajstić information content (AvgIpc) is 2.66. The van der Waals surface area contributed by atoms with Crippen LogP contribution in [0.1, 0.15) is 5.56 Å². The molecule has 0 amide bonds. The summed E-state index contributed by atoms with van der Waals surface area (Å²) in [6.45, 7) is 0. The van der Waals surface area contributed by atoms with Gasteiger partial charge in [-0.25, -0.2) is 0 Å². The lowest BCUT2D eigenvalue weighted by Gasteiger charge is -2.11. The van der Waals surface area contributed by atoms with E-state index in [4.69, 9.17) is 4.99 Å². The van der Waals surface area contributed by atoms with Crippen molar-refractivity contribution in [2.75, 3.05) is 0 Å². The Bertz CT molecular complexity index is 1170. The van der Waals surface area contributed by atoms with E-state index in [2.05, 4.69) is 59.6 Å². The van der Waals surface area contributed by atoms with Crippen molar-refractivity contribution in [2.45, 2.75) is 0 Å². The van der Waals surface area contributed by atoms with Gasteiger partial charge in [0, 0.05) is 24.0 Å². The predicted molar refractivity (Wildman–Crippen MR) is 102 cm³/mol. The number of benzene rings is 4. The standard InChI is InChI=1S/C22H14N2/c1-2-16-4-5-18-7-9-20(24-14-15-10-12-23-13-11-15)19-8-6-17(3-1)21(16)22(18)19/h1-14H. The fraction of sp³-hybridized carbons (Fsp3) is 0. The third-order valence-electron chi connectivity index (χ3n) is 4.56. The van der Waals surface area contributed by atoms with E-state index < -0.39 is 0 Å². The van der Waals surface area contributed by atoms with Gasteiger partial charge in [-0.15, -0.1) is 0 Å². The Labute approximate surface area is 139 Å². The first kappa shape index (κ1) is 13.2. The van der Waals surface area contributed by atoms with Crippen LogP contribution < -0.4 is 0 Å². The van der Waals surface area contributed by atoms with Gasteiger partial charge in [-0.1, -0.05) is 48.5 Å². The molecular weight excluding hydrogens is 292 g/mol. The summed E-state index contributed by atoms with van der Waals surface area (Å²) in [5.74, 6) is 0. The van der Waals surface area contributed by atoms with E-state index in [0.29, 0.717) is 0 Å². The molecule has 0 aliphatic heterocycles. The smallest absolute Gasteiger partial charge is 0.0708 e. The molecule has 4 aromatic carbocycles. The lowest BCUT2D eigenvalue weighted by molar-refractivity contribution is 1.32. The van der Waals surface area contributed by atoms with Crippen molar-refractivity contribution in [1.29, 1.82) is 0 Å². The first-order valence-electron chi connectivity index (χ1n) is 8.01. The SMILES string of the molecule is C(=Nc1ccc2ccc3cccc4ccc1c2c34)c1ccncc1. The highest BCUT2D eigenvalue weighted by Gasteiger charge is 2.09. The number of pyridine rings is 1. The van der Waals surface area contributed by atoms with Gasteiger partial charge in [0.1, 0.15) is 0 Å². The van der Waals surface area contributed by atoms with Gasteiger partial charge >= 0.3 is 0 Å². The summed E-state index contributed by atoms with van der Waals surface area (Å²) in [4.78, 5) is 8.77. The van der Waals surface area contributed by atoms with Gasteiger partial charge in [0.2, 0.25) is 0 Å². The van der Waals surface area contributed by atoms with Crippen LogP contribution in [-0.4, -0.2) is 11.2 Å². The van der Waals surface area contributed by atoms with Crippen LogP contribution in [0.3, 0.4) is 0 Å². The van der Waals surface area contributed by atoms with E-state index in [-0.39, 0.29) is 0 Å². The second kappa shape index (κ2) is 5.14. The molecule has 0 bridgehead atoms. The predicted octanol–water partition coefficient (Wildman–Crippen LogP) is 5.73. The van der Waals surface area contributed by atoms with Crippen LogP contribution in [0.25, 0.3) is 32.3 Å². The molecule has 5 rings (SSSR count). The van der Waals surface area contributed by atoms with E-state index in [9.17, 15) is 0 Å². The Morgan fingerprint density at radius 3 is 2.12 bits per heavy atom. The zero-order valence-electron chi connectivity index (χ0n) is 13.0. The van der Waals surface area contributed by atoms with Crippen molar-refractivity contribution in [1.82, 2.24) is 4.98 Å². The molecule has 2 nitrogen and oxygen atoms in total. The van der Waals surface area contributed by atoms with Gasteiger partial charge in [0.25, 0.3) is 0 Å². The minimum Gasteiger partial charge on any atom is -0.265 e. The molecule has 0 radical (unpaired) electrons. The monoisotopic (exact) mass is 306 g/mol. The fourth-order valence-electron chi connectivity index (χ4n) is 3.43. The van der Waals surface area contributed by atoms with Crippen molar-refractivity contribution < 1.29 is 0 Å². The van der Waals surface area contributed by atoms with Crippen molar-refractivity contribution in [3.63, 3.8) is 0 Å². The number of hydrogen-bond acceptors (Lipinski definition) is 2. The van der Waals surface area contributed by atoms with E-state index in [0.717, 1.165) is 11.3 Å². The quantitative estimate of drug-likeness (QED) is 0.302. The second-order valence-electron chi connectivity index (χ2n) is 5.98. The maximum atomic E-state index is 4.73. The fourth-order valence-corrected chi connectivity index (χ4v) is 3.43. The van der Waals surface area contributed by atoms with E-state index >= 15 is 0 Å². The highest BCUT2D eigenvalue weighted by molar-refractivity contribution is 6.25. The minimum absolute atomic E-state index is 0.998. The van der Waals surface area contributed by atoms with Crippen LogP contribution in [0.4, 0.5) is 5.69 Å². The number of aliphatic imine (C=N–C) groups is 1. The number of hydrogen-bond donors (Lipinski definition) is 0. The van der Waals surface area contributed by atoms with Crippen LogP contribution in [0.2, 0.25) is 0 Å². The molecule has 112 valence electrons. The molecule has 0 fully saturated rings. The number of aromatic nitrogens is 1. The van der Waals surface area contributed by atoms with E-state index in [1.54, 1.807) is 12.4 Å². The molecule has 0 aliphatic carbocycles. The highest BCUT2D eigenvalue weighted by atomic mass is 14.7. The first-order chi connectivity index (χ1) is 11.9. The molecule has 2 heteroatoms. The zero-order valence-corrected chi connectivity index (χ0v) is 13.0. The molecule has 24 heavy (non-hydrogen) atoms. The van der Waals surface area contributed by atoms with Crippen molar-refractivity contribution in [3.05, 3.63) is 84.7 Å². The molecule has 5 aromatic rings. The summed E-state index contributed by atoms with van der Waals surface area (Å²) in [5.41, 5.74) is 2.05. The summed E-state index contributed by atoms with van der Waals surface area (Å²) in [5, 5.41) is 7.64. The van der Waals surface area contributed by atoms with Gasteiger partial charge in [0.05, 0.1) is 5.69 Å².